The molecule has 2 N–H and O–H groups in total. The number of thioether (sulfide) groups is 1. The summed E-state index contributed by atoms with van der Waals surface area (Å²) in [6.45, 7) is 0. The van der Waals surface area contributed by atoms with Crippen molar-refractivity contribution in [3.05, 3.63) is 18.5 Å². The van der Waals surface area contributed by atoms with Gasteiger partial charge in [-0.3, -0.25) is 14.9 Å². The van der Waals surface area contributed by atoms with Gasteiger partial charge in [-0.05, 0) is 6.07 Å². The van der Waals surface area contributed by atoms with Gasteiger partial charge in [0.1, 0.15) is 5.75 Å². The minimum atomic E-state index is -0.909. The first kappa shape index (κ1) is 12.4. The zero-order valence-corrected chi connectivity index (χ0v) is 10.3. The van der Waals surface area contributed by atoms with Crippen LogP contribution < -0.4 is 4.74 Å². The van der Waals surface area contributed by atoms with Crippen molar-refractivity contribution in [1.29, 1.82) is 0 Å². The van der Waals surface area contributed by atoms with Gasteiger partial charge < -0.3 is 9.84 Å². The fourth-order valence-corrected chi connectivity index (χ4v) is 1.81. The number of rotatable bonds is 5. The number of hydrogen-bond acceptors (Lipinski definition) is 6. The Morgan fingerprint density at radius 3 is 3.17 bits per heavy atom. The van der Waals surface area contributed by atoms with E-state index >= 15 is 0 Å². The molecule has 2 aromatic rings. The average molecular weight is 266 g/mol. The van der Waals surface area contributed by atoms with Crippen LogP contribution in [0.2, 0.25) is 0 Å². The molecule has 0 aliphatic heterocycles. The third kappa shape index (κ3) is 2.77. The van der Waals surface area contributed by atoms with E-state index in [1.807, 2.05) is 0 Å². The standard InChI is InChI=1S/C10H10N4O3S/c1-17-7-4-11-3-2-6(7)9-12-10(14-13-9)18-5-8(15)16/h2-4H,5H2,1H3,(H,15,16)(H,12,13,14). The van der Waals surface area contributed by atoms with E-state index in [0.29, 0.717) is 16.7 Å². The third-order valence-electron chi connectivity index (χ3n) is 2.05. The summed E-state index contributed by atoms with van der Waals surface area (Å²) < 4.78 is 5.16. The smallest absolute Gasteiger partial charge is 0.313 e. The van der Waals surface area contributed by atoms with Crippen LogP contribution in [0.4, 0.5) is 0 Å². The molecule has 0 unspecified atom stereocenters. The molecule has 0 spiro atoms. The molecule has 2 rings (SSSR count). The van der Waals surface area contributed by atoms with Gasteiger partial charge in [0, 0.05) is 6.20 Å². The minimum absolute atomic E-state index is 0.0786. The maximum Gasteiger partial charge on any atom is 0.313 e. The Hall–Kier alpha value is -2.09. The lowest BCUT2D eigenvalue weighted by molar-refractivity contribution is -0.133. The maximum absolute atomic E-state index is 10.4. The number of H-pyrrole nitrogens is 1. The quantitative estimate of drug-likeness (QED) is 0.780. The van der Waals surface area contributed by atoms with Gasteiger partial charge in [-0.15, -0.1) is 5.10 Å². The largest absolute Gasteiger partial charge is 0.494 e. The summed E-state index contributed by atoms with van der Waals surface area (Å²) in [5.41, 5.74) is 0.724. The molecular formula is C10H10N4O3S. The number of pyridine rings is 1. The maximum atomic E-state index is 10.4. The number of carbonyl (C=O) groups is 1. The van der Waals surface area contributed by atoms with E-state index < -0.39 is 5.97 Å². The molecule has 0 atom stereocenters. The Morgan fingerprint density at radius 1 is 1.61 bits per heavy atom. The molecule has 7 nitrogen and oxygen atoms in total. The van der Waals surface area contributed by atoms with Crippen molar-refractivity contribution in [1.82, 2.24) is 20.2 Å². The van der Waals surface area contributed by atoms with Gasteiger partial charge in [-0.25, -0.2) is 4.98 Å². The summed E-state index contributed by atoms with van der Waals surface area (Å²) in [5, 5.41) is 15.6. The van der Waals surface area contributed by atoms with Crippen LogP contribution in [0.25, 0.3) is 11.4 Å². The van der Waals surface area contributed by atoms with E-state index in [9.17, 15) is 4.79 Å². The molecular weight excluding hydrogens is 256 g/mol. The summed E-state index contributed by atoms with van der Waals surface area (Å²) in [5.74, 6) is 0.100. The predicted octanol–water partition coefficient (Wildman–Crippen LogP) is 1.05. The van der Waals surface area contributed by atoms with Crippen molar-refractivity contribution in [3.63, 3.8) is 0 Å². The summed E-state index contributed by atoms with van der Waals surface area (Å²) in [4.78, 5) is 18.6. The van der Waals surface area contributed by atoms with Crippen LogP contribution in [-0.4, -0.2) is 44.1 Å². The monoisotopic (exact) mass is 266 g/mol. The Balaban J connectivity index is 2.21. The van der Waals surface area contributed by atoms with Crippen LogP contribution in [0, 0.1) is 0 Å². The van der Waals surface area contributed by atoms with Crippen molar-refractivity contribution in [2.75, 3.05) is 12.9 Å². The molecule has 0 aromatic carbocycles. The Morgan fingerprint density at radius 2 is 2.44 bits per heavy atom. The van der Waals surface area contributed by atoms with Crippen LogP contribution in [0.15, 0.2) is 23.6 Å². The van der Waals surface area contributed by atoms with Gasteiger partial charge >= 0.3 is 5.97 Å². The van der Waals surface area contributed by atoms with Crippen molar-refractivity contribution < 1.29 is 14.6 Å². The fraction of sp³-hybridized carbons (Fsp3) is 0.200. The Kier molecular flexibility index (Phi) is 3.78. The number of carboxylic acids is 1. The van der Waals surface area contributed by atoms with E-state index in [2.05, 4.69) is 20.2 Å². The molecule has 94 valence electrons. The molecule has 0 saturated heterocycles. The number of carboxylic acid groups (broad SMARTS) is 1. The predicted molar refractivity (Wildman–Crippen MR) is 64.5 cm³/mol. The van der Waals surface area contributed by atoms with Gasteiger partial charge in [-0.2, -0.15) is 0 Å². The molecule has 0 aliphatic carbocycles. The number of nitrogens with zero attached hydrogens (tertiary/aromatic N) is 3. The second-order valence-electron chi connectivity index (χ2n) is 3.22. The number of aromatic nitrogens is 4. The highest BCUT2D eigenvalue weighted by atomic mass is 32.2. The summed E-state index contributed by atoms with van der Waals surface area (Å²) in [6.07, 6.45) is 3.19. The minimum Gasteiger partial charge on any atom is -0.494 e. The van der Waals surface area contributed by atoms with Crippen LogP contribution in [0.5, 0.6) is 5.75 Å². The Bertz CT molecular complexity index is 558. The lowest BCUT2D eigenvalue weighted by atomic mass is 10.2. The number of nitrogens with one attached hydrogen (secondary N) is 1. The second kappa shape index (κ2) is 5.50. The van der Waals surface area contributed by atoms with Gasteiger partial charge in [0.2, 0.25) is 5.16 Å². The summed E-state index contributed by atoms with van der Waals surface area (Å²) >= 11 is 1.05. The zero-order chi connectivity index (χ0) is 13.0. The summed E-state index contributed by atoms with van der Waals surface area (Å²) in [7, 11) is 1.54. The first-order valence-corrected chi connectivity index (χ1v) is 5.94. The van der Waals surface area contributed by atoms with Gasteiger partial charge in [0.15, 0.2) is 5.82 Å². The second-order valence-corrected chi connectivity index (χ2v) is 4.17. The van der Waals surface area contributed by atoms with Gasteiger partial charge in [0.25, 0.3) is 0 Å². The molecule has 8 heteroatoms. The molecule has 0 amide bonds. The highest BCUT2D eigenvalue weighted by molar-refractivity contribution is 7.99. The molecule has 2 aromatic heterocycles. The number of aromatic amines is 1. The lowest BCUT2D eigenvalue weighted by Crippen LogP contribution is -1.97. The van der Waals surface area contributed by atoms with Crippen LogP contribution in [0.3, 0.4) is 0 Å². The van der Waals surface area contributed by atoms with Crippen molar-refractivity contribution >= 4 is 17.7 Å². The van der Waals surface area contributed by atoms with Crippen LogP contribution in [0.1, 0.15) is 0 Å². The van der Waals surface area contributed by atoms with Crippen molar-refractivity contribution in [2.45, 2.75) is 5.16 Å². The number of ether oxygens (including phenoxy) is 1. The zero-order valence-electron chi connectivity index (χ0n) is 9.45. The van der Waals surface area contributed by atoms with E-state index in [4.69, 9.17) is 9.84 Å². The fourth-order valence-electron chi connectivity index (χ4n) is 1.30. The molecule has 0 fully saturated rings. The highest BCUT2D eigenvalue weighted by Gasteiger charge is 2.11. The number of methoxy groups -OCH3 is 1. The molecule has 18 heavy (non-hydrogen) atoms. The van der Waals surface area contributed by atoms with E-state index in [0.717, 1.165) is 17.3 Å². The van der Waals surface area contributed by atoms with Crippen LogP contribution in [-0.2, 0) is 4.79 Å². The van der Waals surface area contributed by atoms with Crippen molar-refractivity contribution in [3.8, 4) is 17.1 Å². The van der Waals surface area contributed by atoms with Gasteiger partial charge in [0.05, 0.1) is 24.6 Å². The number of aliphatic carboxylic acids is 1. The topological polar surface area (TPSA) is 101 Å². The van der Waals surface area contributed by atoms with E-state index in [-0.39, 0.29) is 5.75 Å². The molecule has 2 heterocycles. The molecule has 0 saturated carbocycles. The highest BCUT2D eigenvalue weighted by Crippen LogP contribution is 2.26. The van der Waals surface area contributed by atoms with E-state index in [1.165, 1.54) is 7.11 Å². The molecule has 0 radical (unpaired) electrons. The molecule has 0 aliphatic rings. The third-order valence-corrected chi connectivity index (χ3v) is 2.88. The normalized spacial score (nSPS) is 10.3. The van der Waals surface area contributed by atoms with E-state index in [1.54, 1.807) is 18.5 Å². The first-order chi connectivity index (χ1) is 8.70. The van der Waals surface area contributed by atoms with Gasteiger partial charge in [-0.1, -0.05) is 11.8 Å². The summed E-state index contributed by atoms with van der Waals surface area (Å²) in [6, 6.07) is 1.74. The first-order valence-electron chi connectivity index (χ1n) is 4.96. The number of hydrogen-bond donors (Lipinski definition) is 2. The Labute approximate surface area is 107 Å². The lowest BCUT2D eigenvalue weighted by Gasteiger charge is -2.03. The average Bonchev–Trinajstić information content (AvgIpc) is 2.85. The SMILES string of the molecule is COc1cnccc1-c1nc(SCC(=O)O)n[nH]1. The van der Waals surface area contributed by atoms with Crippen LogP contribution >= 0.6 is 11.8 Å². The molecule has 0 bridgehead atoms. The van der Waals surface area contributed by atoms with Crippen molar-refractivity contribution in [2.24, 2.45) is 0 Å².